The van der Waals surface area contributed by atoms with E-state index in [0.717, 1.165) is 18.2 Å². The zero-order valence-corrected chi connectivity index (χ0v) is 17.7. The van der Waals surface area contributed by atoms with Gasteiger partial charge in [-0.25, -0.2) is 9.97 Å². The number of fused-ring (bicyclic) bond motifs is 1. The average molecular weight is 502 g/mol. The Hall–Kier alpha value is -4.62. The van der Waals surface area contributed by atoms with Crippen molar-refractivity contribution in [1.82, 2.24) is 35.6 Å². The van der Waals surface area contributed by atoms with Crippen molar-refractivity contribution in [2.45, 2.75) is 12.4 Å². The summed E-state index contributed by atoms with van der Waals surface area (Å²) >= 11 is 0. The van der Waals surface area contributed by atoms with Crippen LogP contribution in [0.5, 0.6) is 0 Å². The van der Waals surface area contributed by atoms with Crippen LogP contribution in [0.3, 0.4) is 0 Å². The molecule has 2 N–H and O–H groups in total. The molecule has 0 unspecified atom stereocenters. The van der Waals surface area contributed by atoms with E-state index in [0.29, 0.717) is 5.39 Å². The van der Waals surface area contributed by atoms with Gasteiger partial charge in [0.1, 0.15) is 5.82 Å². The molecule has 0 saturated heterocycles. The maximum atomic E-state index is 13.5. The minimum absolute atomic E-state index is 0.00610. The summed E-state index contributed by atoms with van der Waals surface area (Å²) in [6.07, 6.45) is -7.88. The van der Waals surface area contributed by atoms with E-state index in [4.69, 9.17) is 0 Å². The summed E-state index contributed by atoms with van der Waals surface area (Å²) in [6, 6.07) is 10.7. The van der Waals surface area contributed by atoms with Crippen LogP contribution in [0.2, 0.25) is 0 Å². The molecule has 0 aliphatic rings. The summed E-state index contributed by atoms with van der Waals surface area (Å²) in [6.45, 7) is 0. The van der Waals surface area contributed by atoms with Gasteiger partial charge >= 0.3 is 12.4 Å². The van der Waals surface area contributed by atoms with E-state index >= 15 is 0 Å². The maximum absolute atomic E-state index is 13.5. The van der Waals surface area contributed by atoms with Crippen LogP contribution in [0.4, 0.5) is 37.8 Å². The average Bonchev–Trinajstić information content (AvgIpc) is 3.38. The SMILES string of the molecule is FC(F)(F)c1ccc(Nc2nc(-c3nn[nH]n3)nc3cc(-c4ncccc4C(F)(F)F)ccc23)cc1. The lowest BCUT2D eigenvalue weighted by molar-refractivity contribution is -0.138. The molecule has 3 aromatic heterocycles. The second-order valence-corrected chi connectivity index (χ2v) is 7.46. The number of H-pyrrole nitrogens is 1. The van der Waals surface area contributed by atoms with E-state index in [1.54, 1.807) is 0 Å². The first kappa shape index (κ1) is 23.1. The van der Waals surface area contributed by atoms with E-state index in [2.05, 4.69) is 40.9 Å². The van der Waals surface area contributed by atoms with E-state index in [-0.39, 0.29) is 39.9 Å². The van der Waals surface area contributed by atoms with Gasteiger partial charge in [-0.3, -0.25) is 4.98 Å². The fourth-order valence-corrected chi connectivity index (χ4v) is 3.47. The number of anilines is 2. The van der Waals surface area contributed by atoms with Gasteiger partial charge in [-0.05, 0) is 53.7 Å². The topological polar surface area (TPSA) is 105 Å². The van der Waals surface area contributed by atoms with Crippen LogP contribution >= 0.6 is 0 Å². The van der Waals surface area contributed by atoms with Gasteiger partial charge in [0.05, 0.1) is 22.3 Å². The van der Waals surface area contributed by atoms with Crippen LogP contribution in [0.25, 0.3) is 33.8 Å². The molecule has 0 aliphatic carbocycles. The fourth-order valence-electron chi connectivity index (χ4n) is 3.47. The Kier molecular flexibility index (Phi) is 5.50. The maximum Gasteiger partial charge on any atom is 0.418 e. The Morgan fingerprint density at radius 3 is 2.25 bits per heavy atom. The quantitative estimate of drug-likeness (QED) is 0.306. The molecule has 8 nitrogen and oxygen atoms in total. The molecule has 5 rings (SSSR count). The monoisotopic (exact) mass is 502 g/mol. The third kappa shape index (κ3) is 4.52. The minimum Gasteiger partial charge on any atom is -0.340 e. The number of halogens is 6. The number of nitrogens with one attached hydrogen (secondary N) is 2. The fraction of sp³-hybridized carbons (Fsp3) is 0.0909. The highest BCUT2D eigenvalue weighted by atomic mass is 19.4. The molecule has 0 bridgehead atoms. The third-order valence-corrected chi connectivity index (χ3v) is 5.10. The molecule has 0 radical (unpaired) electrons. The summed E-state index contributed by atoms with van der Waals surface area (Å²) in [5.74, 6) is 0.162. The van der Waals surface area contributed by atoms with Gasteiger partial charge < -0.3 is 5.32 Å². The first-order chi connectivity index (χ1) is 17.1. The molecular formula is C22H12F6N8. The second-order valence-electron chi connectivity index (χ2n) is 7.46. The lowest BCUT2D eigenvalue weighted by Gasteiger charge is -2.14. The van der Waals surface area contributed by atoms with Gasteiger partial charge in [0.25, 0.3) is 0 Å². The van der Waals surface area contributed by atoms with Gasteiger partial charge in [-0.1, -0.05) is 6.07 Å². The highest BCUT2D eigenvalue weighted by Crippen LogP contribution is 2.37. The number of aromatic nitrogens is 7. The molecule has 2 aromatic carbocycles. The molecule has 3 heterocycles. The zero-order chi connectivity index (χ0) is 25.5. The summed E-state index contributed by atoms with van der Waals surface area (Å²) in [7, 11) is 0. The van der Waals surface area contributed by atoms with E-state index in [1.165, 1.54) is 42.6 Å². The number of pyridine rings is 1. The summed E-state index contributed by atoms with van der Waals surface area (Å²) in [4.78, 5) is 12.6. The molecule has 36 heavy (non-hydrogen) atoms. The van der Waals surface area contributed by atoms with Crippen molar-refractivity contribution in [1.29, 1.82) is 0 Å². The number of alkyl halides is 6. The van der Waals surface area contributed by atoms with Crippen molar-refractivity contribution in [2.24, 2.45) is 0 Å². The molecule has 0 fully saturated rings. The summed E-state index contributed by atoms with van der Waals surface area (Å²) in [5, 5.41) is 16.7. The van der Waals surface area contributed by atoms with Crippen molar-refractivity contribution in [3.63, 3.8) is 0 Å². The van der Waals surface area contributed by atoms with Crippen molar-refractivity contribution in [3.05, 3.63) is 71.9 Å². The number of hydrogen-bond acceptors (Lipinski definition) is 7. The van der Waals surface area contributed by atoms with Gasteiger partial charge in [0.2, 0.25) is 11.6 Å². The normalized spacial score (nSPS) is 12.2. The van der Waals surface area contributed by atoms with Gasteiger partial charge in [-0.15, -0.1) is 10.2 Å². The highest BCUT2D eigenvalue weighted by Gasteiger charge is 2.34. The lowest BCUT2D eigenvalue weighted by atomic mass is 10.0. The van der Waals surface area contributed by atoms with Crippen LogP contribution in [0.15, 0.2) is 60.8 Å². The third-order valence-electron chi connectivity index (χ3n) is 5.10. The molecule has 0 aliphatic heterocycles. The molecule has 0 atom stereocenters. The molecule has 182 valence electrons. The molecular weight excluding hydrogens is 490 g/mol. The Morgan fingerprint density at radius 1 is 0.806 bits per heavy atom. The van der Waals surface area contributed by atoms with Crippen LogP contribution in [0.1, 0.15) is 11.1 Å². The van der Waals surface area contributed by atoms with E-state index < -0.39 is 23.5 Å². The molecule has 0 amide bonds. The number of rotatable bonds is 4. The van der Waals surface area contributed by atoms with Gasteiger partial charge in [-0.2, -0.15) is 31.6 Å². The van der Waals surface area contributed by atoms with Gasteiger partial charge in [0, 0.05) is 22.8 Å². The number of tetrazole rings is 1. The van der Waals surface area contributed by atoms with E-state index in [9.17, 15) is 26.3 Å². The number of aromatic amines is 1. The Morgan fingerprint density at radius 2 is 1.58 bits per heavy atom. The first-order valence-electron chi connectivity index (χ1n) is 10.1. The molecule has 5 aromatic rings. The number of nitrogens with zero attached hydrogens (tertiary/aromatic N) is 6. The first-order valence-corrected chi connectivity index (χ1v) is 10.1. The molecule has 14 heteroatoms. The van der Waals surface area contributed by atoms with Crippen LogP contribution in [0, 0.1) is 0 Å². The summed E-state index contributed by atoms with van der Waals surface area (Å²) in [5.41, 5.74) is -1.38. The van der Waals surface area contributed by atoms with Crippen molar-refractivity contribution >= 4 is 22.4 Å². The predicted molar refractivity (Wildman–Crippen MR) is 116 cm³/mol. The predicted octanol–water partition coefficient (Wildman–Crippen LogP) is 5.65. The Balaban J connectivity index is 1.63. The zero-order valence-electron chi connectivity index (χ0n) is 17.7. The standard InChI is InChI=1S/C22H12F6N8/c23-21(24,25)12-4-6-13(7-5-12)30-18-14-8-3-11(17-15(22(26,27)28)2-1-9-29-17)10-16(14)31-19(32-18)20-33-35-36-34-20/h1-10H,(H,30,31,32)(H,33,34,35,36). The number of hydrogen-bond donors (Lipinski definition) is 2. The molecule has 0 spiro atoms. The van der Waals surface area contributed by atoms with Crippen LogP contribution in [-0.4, -0.2) is 35.6 Å². The largest absolute Gasteiger partial charge is 0.418 e. The number of benzene rings is 2. The van der Waals surface area contributed by atoms with Crippen molar-refractivity contribution in [3.8, 4) is 22.9 Å². The molecule has 0 saturated carbocycles. The Labute approximate surface area is 197 Å². The minimum atomic E-state index is -4.63. The van der Waals surface area contributed by atoms with E-state index in [1.807, 2.05) is 0 Å². The highest BCUT2D eigenvalue weighted by molar-refractivity contribution is 5.94. The summed E-state index contributed by atoms with van der Waals surface area (Å²) < 4.78 is 79.3. The van der Waals surface area contributed by atoms with Gasteiger partial charge in [0.15, 0.2) is 0 Å². The van der Waals surface area contributed by atoms with Crippen LogP contribution < -0.4 is 5.32 Å². The van der Waals surface area contributed by atoms with Crippen molar-refractivity contribution < 1.29 is 26.3 Å². The smallest absolute Gasteiger partial charge is 0.340 e. The van der Waals surface area contributed by atoms with Crippen molar-refractivity contribution in [2.75, 3.05) is 5.32 Å². The lowest BCUT2D eigenvalue weighted by Crippen LogP contribution is -2.08. The van der Waals surface area contributed by atoms with Crippen LogP contribution in [-0.2, 0) is 12.4 Å². The second kappa shape index (κ2) is 8.55. The Bertz CT molecular complexity index is 1530.